The molecule has 0 radical (unpaired) electrons. The Morgan fingerprint density at radius 2 is 1.56 bits per heavy atom. The highest BCUT2D eigenvalue weighted by Crippen LogP contribution is 2.15. The minimum Gasteiger partial charge on any atom is -0.460 e. The van der Waals surface area contributed by atoms with Gasteiger partial charge in [0.1, 0.15) is 18.8 Å². The first-order valence-electron chi connectivity index (χ1n) is 13.1. The van der Waals surface area contributed by atoms with Crippen LogP contribution in [0.1, 0.15) is 98.8 Å². The van der Waals surface area contributed by atoms with E-state index >= 15 is 0 Å². The second-order valence-electron chi connectivity index (χ2n) is 9.10. The topological polar surface area (TPSA) is 90.9 Å². The van der Waals surface area contributed by atoms with Gasteiger partial charge in [0.05, 0.1) is 13.2 Å². The number of hydrogen-bond acceptors (Lipinski definition) is 6. The molecule has 0 heterocycles. The molecule has 3 atom stereocenters. The van der Waals surface area contributed by atoms with Gasteiger partial charge >= 0.3 is 5.97 Å². The lowest BCUT2D eigenvalue weighted by molar-refractivity contribution is -0.140. The Labute approximate surface area is 207 Å². The normalized spacial score (nSPS) is 13.7. The molecular formula is C27H49NO6. The van der Waals surface area contributed by atoms with Crippen LogP contribution in [0.25, 0.3) is 0 Å². The summed E-state index contributed by atoms with van der Waals surface area (Å²) in [5, 5.41) is 2.68. The number of carbonyl (C=O) groups is 3. The average Bonchev–Trinajstić information content (AvgIpc) is 2.82. The minimum atomic E-state index is -0.551. The van der Waals surface area contributed by atoms with E-state index in [0.29, 0.717) is 31.1 Å². The standard InChI is InChI=1S/C27H49NO6/c1-7-9-15-24(8-2)20-34-22(5)25(29)16-13-11-10-12-14-18-32-23(6)26(30)28-17-19-33-27(31)21(3)4/h22-24H,3,7-20H2,1-2,4-6H3,(H,28,30). The van der Waals surface area contributed by atoms with Crippen LogP contribution in [0.3, 0.4) is 0 Å². The van der Waals surface area contributed by atoms with Crippen molar-refractivity contribution in [3.63, 3.8) is 0 Å². The van der Waals surface area contributed by atoms with Gasteiger partial charge in [0, 0.05) is 18.6 Å². The van der Waals surface area contributed by atoms with Crippen molar-refractivity contribution in [3.05, 3.63) is 12.2 Å². The van der Waals surface area contributed by atoms with Crippen LogP contribution in [0.4, 0.5) is 0 Å². The molecule has 0 saturated heterocycles. The predicted octanol–water partition coefficient (Wildman–Crippen LogP) is 5.16. The summed E-state index contributed by atoms with van der Waals surface area (Å²) in [6.07, 6.45) is 9.20. The zero-order valence-corrected chi connectivity index (χ0v) is 22.3. The molecule has 0 fully saturated rings. The largest absolute Gasteiger partial charge is 0.460 e. The van der Waals surface area contributed by atoms with Crippen LogP contribution in [-0.2, 0) is 28.6 Å². The minimum absolute atomic E-state index is 0.107. The van der Waals surface area contributed by atoms with Crippen molar-refractivity contribution in [2.24, 2.45) is 5.92 Å². The summed E-state index contributed by atoms with van der Waals surface area (Å²) in [5.74, 6) is 0.0611. The second kappa shape index (κ2) is 20.6. The Balaban J connectivity index is 3.72. The Hall–Kier alpha value is -1.73. The molecule has 34 heavy (non-hydrogen) atoms. The summed E-state index contributed by atoms with van der Waals surface area (Å²) in [6, 6.07) is 0. The molecule has 0 aliphatic carbocycles. The predicted molar refractivity (Wildman–Crippen MR) is 136 cm³/mol. The number of esters is 1. The molecule has 198 valence electrons. The van der Waals surface area contributed by atoms with Crippen LogP contribution in [-0.4, -0.2) is 56.2 Å². The summed E-state index contributed by atoms with van der Waals surface area (Å²) in [4.78, 5) is 35.5. The lowest BCUT2D eigenvalue weighted by Crippen LogP contribution is -2.36. The van der Waals surface area contributed by atoms with E-state index in [0.717, 1.165) is 38.5 Å². The van der Waals surface area contributed by atoms with Gasteiger partial charge in [-0.1, -0.05) is 59.0 Å². The van der Waals surface area contributed by atoms with Crippen molar-refractivity contribution >= 4 is 17.7 Å². The summed E-state index contributed by atoms with van der Waals surface area (Å²) >= 11 is 0. The Morgan fingerprint density at radius 3 is 2.21 bits per heavy atom. The molecule has 0 aromatic heterocycles. The van der Waals surface area contributed by atoms with Gasteiger partial charge in [0.15, 0.2) is 5.78 Å². The van der Waals surface area contributed by atoms with E-state index in [-0.39, 0.29) is 30.9 Å². The van der Waals surface area contributed by atoms with E-state index in [1.54, 1.807) is 13.8 Å². The van der Waals surface area contributed by atoms with E-state index < -0.39 is 12.1 Å². The van der Waals surface area contributed by atoms with Crippen LogP contribution in [0.2, 0.25) is 0 Å². The molecule has 0 aromatic rings. The van der Waals surface area contributed by atoms with Gasteiger partial charge < -0.3 is 19.5 Å². The summed E-state index contributed by atoms with van der Waals surface area (Å²) in [6.45, 7) is 14.6. The molecule has 3 unspecified atom stereocenters. The van der Waals surface area contributed by atoms with Gasteiger partial charge in [-0.15, -0.1) is 0 Å². The maximum atomic E-state index is 12.3. The molecule has 0 aliphatic rings. The molecule has 0 saturated carbocycles. The summed E-state index contributed by atoms with van der Waals surface area (Å²) < 4.78 is 16.3. The highest BCUT2D eigenvalue weighted by atomic mass is 16.5. The Bertz CT molecular complexity index is 592. The van der Waals surface area contributed by atoms with Crippen molar-refractivity contribution < 1.29 is 28.6 Å². The summed E-state index contributed by atoms with van der Waals surface area (Å²) in [7, 11) is 0. The molecule has 1 amide bonds. The first kappa shape index (κ1) is 32.3. The summed E-state index contributed by atoms with van der Waals surface area (Å²) in [5.41, 5.74) is 0.330. The molecule has 7 heteroatoms. The van der Waals surface area contributed by atoms with E-state index in [2.05, 4.69) is 25.7 Å². The van der Waals surface area contributed by atoms with Crippen molar-refractivity contribution in [1.82, 2.24) is 5.32 Å². The van der Waals surface area contributed by atoms with Crippen LogP contribution < -0.4 is 5.32 Å². The second-order valence-corrected chi connectivity index (χ2v) is 9.10. The molecule has 7 nitrogen and oxygen atoms in total. The van der Waals surface area contributed by atoms with E-state index in [1.807, 2.05) is 6.92 Å². The number of rotatable bonds is 22. The Kier molecular flexibility index (Phi) is 19.6. The van der Waals surface area contributed by atoms with Crippen LogP contribution in [0.15, 0.2) is 12.2 Å². The Morgan fingerprint density at radius 1 is 0.882 bits per heavy atom. The maximum Gasteiger partial charge on any atom is 0.333 e. The van der Waals surface area contributed by atoms with Crippen LogP contribution >= 0.6 is 0 Å². The van der Waals surface area contributed by atoms with Crippen molar-refractivity contribution in [2.75, 3.05) is 26.4 Å². The van der Waals surface area contributed by atoms with Crippen molar-refractivity contribution in [1.29, 1.82) is 0 Å². The third-order valence-electron chi connectivity index (χ3n) is 5.87. The molecule has 0 aromatic carbocycles. The van der Waals surface area contributed by atoms with Gasteiger partial charge in [-0.2, -0.15) is 0 Å². The number of Topliss-reactive ketones (excluding diaryl/α,β-unsaturated/α-hetero) is 1. The zero-order valence-electron chi connectivity index (χ0n) is 22.3. The van der Waals surface area contributed by atoms with Gasteiger partial charge in [0.25, 0.3) is 0 Å². The molecular weight excluding hydrogens is 434 g/mol. The smallest absolute Gasteiger partial charge is 0.333 e. The SMILES string of the molecule is C=C(C)C(=O)OCCNC(=O)C(C)OCCCCCCCC(=O)C(C)OCC(CC)CCCC. The molecule has 0 bridgehead atoms. The number of nitrogens with one attached hydrogen (secondary N) is 1. The number of carbonyl (C=O) groups excluding carboxylic acids is 3. The van der Waals surface area contributed by atoms with E-state index in [9.17, 15) is 14.4 Å². The third-order valence-corrected chi connectivity index (χ3v) is 5.87. The van der Waals surface area contributed by atoms with Gasteiger partial charge in [-0.25, -0.2) is 4.79 Å². The molecule has 0 rings (SSSR count). The van der Waals surface area contributed by atoms with Gasteiger partial charge in [-0.05, 0) is 46.0 Å². The molecule has 1 N–H and O–H groups in total. The van der Waals surface area contributed by atoms with Crippen molar-refractivity contribution in [3.8, 4) is 0 Å². The lowest BCUT2D eigenvalue weighted by atomic mass is 10.0. The van der Waals surface area contributed by atoms with Crippen LogP contribution in [0, 0.1) is 5.92 Å². The van der Waals surface area contributed by atoms with Crippen molar-refractivity contribution in [2.45, 2.75) is 111 Å². The number of unbranched alkanes of at least 4 members (excludes halogenated alkanes) is 5. The van der Waals surface area contributed by atoms with Gasteiger partial charge in [-0.3, -0.25) is 9.59 Å². The maximum absolute atomic E-state index is 12.3. The monoisotopic (exact) mass is 483 g/mol. The quantitative estimate of drug-likeness (QED) is 0.130. The van der Waals surface area contributed by atoms with E-state index in [1.165, 1.54) is 19.3 Å². The fourth-order valence-electron chi connectivity index (χ4n) is 3.33. The highest BCUT2D eigenvalue weighted by molar-refractivity contribution is 5.87. The highest BCUT2D eigenvalue weighted by Gasteiger charge is 2.16. The number of hydrogen-bond donors (Lipinski definition) is 1. The van der Waals surface area contributed by atoms with Gasteiger partial charge in [0.2, 0.25) is 5.91 Å². The molecule has 0 spiro atoms. The third kappa shape index (κ3) is 16.8. The lowest BCUT2D eigenvalue weighted by Gasteiger charge is -2.18. The fourth-order valence-corrected chi connectivity index (χ4v) is 3.33. The first-order chi connectivity index (χ1) is 16.2. The number of amides is 1. The fraction of sp³-hybridized carbons (Fsp3) is 0.815. The zero-order chi connectivity index (χ0) is 25.8. The average molecular weight is 484 g/mol. The first-order valence-corrected chi connectivity index (χ1v) is 13.1. The number of ether oxygens (including phenoxy) is 3. The van der Waals surface area contributed by atoms with Crippen LogP contribution in [0.5, 0.6) is 0 Å². The molecule has 0 aliphatic heterocycles. The number of ketones is 1. The van der Waals surface area contributed by atoms with E-state index in [4.69, 9.17) is 14.2 Å².